The Morgan fingerprint density at radius 1 is 1.12 bits per heavy atom. The van der Waals surface area contributed by atoms with Gasteiger partial charge in [-0.25, -0.2) is 4.39 Å². The van der Waals surface area contributed by atoms with Crippen LogP contribution in [0.2, 0.25) is 0 Å². The average molecular weight is 461 g/mol. The second-order valence-electron chi connectivity index (χ2n) is 6.04. The number of benzene rings is 2. The zero-order valence-electron chi connectivity index (χ0n) is 14.0. The van der Waals surface area contributed by atoms with Crippen LogP contribution in [0.25, 0.3) is 0 Å². The number of Topliss-reactive ketones (excluding diaryl/α,β-unsaturated/α-hetero) is 1. The van der Waals surface area contributed by atoms with Crippen molar-refractivity contribution >= 4 is 28.4 Å². The molecule has 1 N–H and O–H groups in total. The first-order valence-electron chi connectivity index (χ1n) is 8.21. The SMILES string of the molecule is O=C(CCc1cccc(O)c1)c1ccncc1Cc1ccc(I)cc1F. The summed E-state index contributed by atoms with van der Waals surface area (Å²) in [5.74, 6) is -0.107. The van der Waals surface area contributed by atoms with Gasteiger partial charge in [-0.3, -0.25) is 9.78 Å². The molecule has 0 atom stereocenters. The predicted molar refractivity (Wildman–Crippen MR) is 107 cm³/mol. The standard InChI is InChI=1S/C21H17FINO2/c22-20-12-17(23)6-5-15(20)11-16-13-24-9-8-19(16)21(26)7-4-14-2-1-3-18(25)10-14/h1-3,5-6,8-10,12-13,25H,4,7,11H2. The molecule has 5 heteroatoms. The number of pyridine rings is 1. The summed E-state index contributed by atoms with van der Waals surface area (Å²) in [5, 5.41) is 9.52. The molecule has 0 aliphatic carbocycles. The third kappa shape index (κ3) is 4.66. The minimum atomic E-state index is -0.279. The second kappa shape index (κ2) is 8.40. The van der Waals surface area contributed by atoms with Crippen LogP contribution in [0, 0.1) is 9.39 Å². The average Bonchev–Trinajstić information content (AvgIpc) is 2.62. The van der Waals surface area contributed by atoms with E-state index in [4.69, 9.17) is 0 Å². The number of phenolic OH excluding ortho intramolecular Hbond substituents is 1. The molecule has 2 aromatic carbocycles. The molecule has 0 saturated carbocycles. The lowest BCUT2D eigenvalue weighted by molar-refractivity contribution is 0.0982. The van der Waals surface area contributed by atoms with E-state index in [1.165, 1.54) is 6.07 Å². The van der Waals surface area contributed by atoms with E-state index >= 15 is 0 Å². The van der Waals surface area contributed by atoms with Gasteiger partial charge in [0.15, 0.2) is 5.78 Å². The molecule has 1 aromatic heterocycles. The highest BCUT2D eigenvalue weighted by Crippen LogP contribution is 2.20. The maximum Gasteiger partial charge on any atom is 0.163 e. The van der Waals surface area contributed by atoms with Gasteiger partial charge in [0.1, 0.15) is 11.6 Å². The maximum absolute atomic E-state index is 14.1. The summed E-state index contributed by atoms with van der Waals surface area (Å²) in [5.41, 5.74) is 2.73. The molecule has 0 amide bonds. The van der Waals surface area contributed by atoms with E-state index in [2.05, 4.69) is 27.6 Å². The first kappa shape index (κ1) is 18.5. The Bertz CT molecular complexity index is 943. The Morgan fingerprint density at radius 3 is 2.73 bits per heavy atom. The lowest BCUT2D eigenvalue weighted by Crippen LogP contribution is -2.07. The van der Waals surface area contributed by atoms with E-state index in [1.807, 2.05) is 12.1 Å². The molecule has 0 fully saturated rings. The molecule has 0 spiro atoms. The number of hydrogen-bond acceptors (Lipinski definition) is 3. The molecular formula is C21H17FINO2. The lowest BCUT2D eigenvalue weighted by atomic mass is 9.96. The molecule has 0 radical (unpaired) electrons. The van der Waals surface area contributed by atoms with Crippen molar-refractivity contribution in [2.45, 2.75) is 19.3 Å². The fourth-order valence-electron chi connectivity index (χ4n) is 2.81. The number of halogens is 2. The zero-order chi connectivity index (χ0) is 18.5. The number of hydrogen-bond donors (Lipinski definition) is 1. The molecular weight excluding hydrogens is 444 g/mol. The van der Waals surface area contributed by atoms with Crippen LogP contribution in [-0.2, 0) is 12.8 Å². The van der Waals surface area contributed by atoms with E-state index < -0.39 is 0 Å². The van der Waals surface area contributed by atoms with Crippen LogP contribution in [0.4, 0.5) is 4.39 Å². The summed E-state index contributed by atoms with van der Waals surface area (Å²) in [6, 6.07) is 13.6. The van der Waals surface area contributed by atoms with E-state index in [0.29, 0.717) is 36.0 Å². The maximum atomic E-state index is 14.1. The number of phenols is 1. The van der Waals surface area contributed by atoms with Gasteiger partial charge in [-0.1, -0.05) is 18.2 Å². The fourth-order valence-corrected chi connectivity index (χ4v) is 3.27. The van der Waals surface area contributed by atoms with Crippen molar-refractivity contribution in [3.63, 3.8) is 0 Å². The predicted octanol–water partition coefficient (Wildman–Crippen LogP) is 4.94. The van der Waals surface area contributed by atoms with Gasteiger partial charge in [0.2, 0.25) is 0 Å². The van der Waals surface area contributed by atoms with Crippen molar-refractivity contribution in [1.82, 2.24) is 4.98 Å². The number of rotatable bonds is 6. The summed E-state index contributed by atoms with van der Waals surface area (Å²) in [7, 11) is 0. The molecule has 3 aromatic rings. The fraction of sp³-hybridized carbons (Fsp3) is 0.143. The van der Waals surface area contributed by atoms with E-state index in [-0.39, 0.29) is 17.3 Å². The molecule has 0 bridgehead atoms. The summed E-state index contributed by atoms with van der Waals surface area (Å²) in [6.07, 6.45) is 4.38. The molecule has 132 valence electrons. The number of aromatic hydroxyl groups is 1. The lowest BCUT2D eigenvalue weighted by Gasteiger charge is -2.09. The number of nitrogens with zero attached hydrogens (tertiary/aromatic N) is 1. The quantitative estimate of drug-likeness (QED) is 0.418. The Balaban J connectivity index is 1.76. The van der Waals surface area contributed by atoms with Crippen molar-refractivity contribution in [3.8, 4) is 5.75 Å². The van der Waals surface area contributed by atoms with Gasteiger partial charge >= 0.3 is 0 Å². The van der Waals surface area contributed by atoms with E-state index in [9.17, 15) is 14.3 Å². The molecule has 0 aliphatic heterocycles. The second-order valence-corrected chi connectivity index (χ2v) is 7.28. The molecule has 0 unspecified atom stereocenters. The molecule has 0 saturated heterocycles. The molecule has 0 aliphatic rings. The minimum absolute atomic E-state index is 0.0170. The number of aryl methyl sites for hydroxylation is 1. The monoisotopic (exact) mass is 461 g/mol. The highest BCUT2D eigenvalue weighted by atomic mass is 127. The molecule has 1 heterocycles. The van der Waals surface area contributed by atoms with Gasteiger partial charge < -0.3 is 5.11 Å². The molecule has 26 heavy (non-hydrogen) atoms. The van der Waals surface area contributed by atoms with Gasteiger partial charge in [0.25, 0.3) is 0 Å². The van der Waals surface area contributed by atoms with Gasteiger partial charge in [-0.2, -0.15) is 0 Å². The van der Waals surface area contributed by atoms with Gasteiger partial charge in [-0.15, -0.1) is 0 Å². The summed E-state index contributed by atoms with van der Waals surface area (Å²) >= 11 is 2.06. The molecule has 3 rings (SSSR count). The van der Waals surface area contributed by atoms with Crippen molar-refractivity contribution in [3.05, 3.63) is 92.6 Å². The Kier molecular flexibility index (Phi) is 5.98. The van der Waals surface area contributed by atoms with Crippen LogP contribution in [0.15, 0.2) is 60.9 Å². The number of carbonyl (C=O) groups excluding carboxylic acids is 1. The van der Waals surface area contributed by atoms with E-state index in [0.717, 1.165) is 9.13 Å². The van der Waals surface area contributed by atoms with Crippen LogP contribution in [0.5, 0.6) is 5.75 Å². The van der Waals surface area contributed by atoms with Gasteiger partial charge in [0, 0.05) is 34.4 Å². The van der Waals surface area contributed by atoms with Crippen LogP contribution >= 0.6 is 22.6 Å². The van der Waals surface area contributed by atoms with Crippen molar-refractivity contribution in [1.29, 1.82) is 0 Å². The Morgan fingerprint density at radius 2 is 1.96 bits per heavy atom. The minimum Gasteiger partial charge on any atom is -0.508 e. The van der Waals surface area contributed by atoms with Gasteiger partial charge in [0.05, 0.1) is 0 Å². The Labute approximate surface area is 165 Å². The first-order chi connectivity index (χ1) is 12.5. The highest BCUT2D eigenvalue weighted by Gasteiger charge is 2.14. The third-order valence-electron chi connectivity index (χ3n) is 4.15. The number of aromatic nitrogens is 1. The molecule has 3 nitrogen and oxygen atoms in total. The van der Waals surface area contributed by atoms with Crippen molar-refractivity contribution in [2.75, 3.05) is 0 Å². The van der Waals surface area contributed by atoms with Crippen LogP contribution < -0.4 is 0 Å². The van der Waals surface area contributed by atoms with E-state index in [1.54, 1.807) is 42.7 Å². The van der Waals surface area contributed by atoms with Crippen molar-refractivity contribution in [2.24, 2.45) is 0 Å². The normalized spacial score (nSPS) is 10.7. The van der Waals surface area contributed by atoms with Crippen LogP contribution in [0.3, 0.4) is 0 Å². The smallest absolute Gasteiger partial charge is 0.163 e. The zero-order valence-corrected chi connectivity index (χ0v) is 16.1. The summed E-state index contributed by atoms with van der Waals surface area (Å²) in [6.45, 7) is 0. The largest absolute Gasteiger partial charge is 0.508 e. The Hall–Kier alpha value is -2.28. The summed E-state index contributed by atoms with van der Waals surface area (Å²) < 4.78 is 15.0. The topological polar surface area (TPSA) is 50.2 Å². The highest BCUT2D eigenvalue weighted by molar-refractivity contribution is 14.1. The number of carbonyl (C=O) groups is 1. The van der Waals surface area contributed by atoms with Crippen LogP contribution in [-0.4, -0.2) is 15.9 Å². The summed E-state index contributed by atoms with van der Waals surface area (Å²) in [4.78, 5) is 16.8. The third-order valence-corrected chi connectivity index (χ3v) is 4.82. The first-order valence-corrected chi connectivity index (χ1v) is 9.29. The van der Waals surface area contributed by atoms with Gasteiger partial charge in [-0.05, 0) is 76.0 Å². The van der Waals surface area contributed by atoms with Crippen molar-refractivity contribution < 1.29 is 14.3 Å². The number of ketones is 1. The van der Waals surface area contributed by atoms with Crippen LogP contribution in [0.1, 0.15) is 33.5 Å².